The van der Waals surface area contributed by atoms with Gasteiger partial charge in [0, 0.05) is 30.3 Å². The number of hydrogen-bond acceptors (Lipinski definition) is 8. The Labute approximate surface area is 205 Å². The van der Waals surface area contributed by atoms with E-state index < -0.39 is 17.6 Å². The Morgan fingerprint density at radius 1 is 1.34 bits per heavy atom. The summed E-state index contributed by atoms with van der Waals surface area (Å²) >= 11 is 6.43. The zero-order chi connectivity index (χ0) is 25.3. The predicted molar refractivity (Wildman–Crippen MR) is 128 cm³/mol. The van der Waals surface area contributed by atoms with Crippen LogP contribution in [-0.2, 0) is 26.1 Å². The maximum Gasteiger partial charge on any atom is 0.255 e. The summed E-state index contributed by atoms with van der Waals surface area (Å²) in [5.41, 5.74) is -0.0147. The molecule has 0 saturated carbocycles. The molecule has 1 amide bonds. The molecule has 2 unspecified atom stereocenters. The van der Waals surface area contributed by atoms with Crippen molar-refractivity contribution in [1.29, 1.82) is 0 Å². The Morgan fingerprint density at radius 3 is 2.77 bits per heavy atom. The van der Waals surface area contributed by atoms with Crippen molar-refractivity contribution >= 4 is 34.5 Å². The first-order chi connectivity index (χ1) is 16.8. The molecule has 0 bridgehead atoms. The van der Waals surface area contributed by atoms with Gasteiger partial charge >= 0.3 is 0 Å². The molecule has 0 aromatic carbocycles. The van der Waals surface area contributed by atoms with Crippen LogP contribution in [0.25, 0.3) is 11.0 Å². The first kappa shape index (κ1) is 24.7. The van der Waals surface area contributed by atoms with Gasteiger partial charge in [-0.15, -0.1) is 0 Å². The summed E-state index contributed by atoms with van der Waals surface area (Å²) in [6, 6.07) is 0.947. The van der Waals surface area contributed by atoms with Crippen molar-refractivity contribution in [1.82, 2.24) is 19.9 Å². The Kier molecular flexibility index (Phi) is 7.08. The molecule has 3 heterocycles. The van der Waals surface area contributed by atoms with E-state index in [1.54, 1.807) is 0 Å². The number of amides is 1. The van der Waals surface area contributed by atoms with Crippen LogP contribution in [0.2, 0.25) is 0 Å². The molecule has 2 aromatic heterocycles. The first-order valence-electron chi connectivity index (χ1n) is 10.8. The van der Waals surface area contributed by atoms with Crippen molar-refractivity contribution in [3.05, 3.63) is 63.5 Å². The normalized spacial score (nSPS) is 24.2. The molecular formula is C23H25ClFN5O5. The lowest BCUT2D eigenvalue weighted by atomic mass is 9.89. The molecule has 0 radical (unpaired) electrons. The van der Waals surface area contributed by atoms with E-state index in [0.29, 0.717) is 24.2 Å². The third kappa shape index (κ3) is 4.61. The molecule has 1 saturated heterocycles. The molecule has 12 heteroatoms. The third-order valence-electron chi connectivity index (χ3n) is 6.02. The number of ether oxygens (including phenoxy) is 3. The van der Waals surface area contributed by atoms with E-state index in [1.165, 1.54) is 50.2 Å². The Bertz CT molecular complexity index is 1290. The van der Waals surface area contributed by atoms with Crippen molar-refractivity contribution in [2.24, 2.45) is 7.05 Å². The minimum atomic E-state index is -1.68. The smallest absolute Gasteiger partial charge is 0.255 e. The second-order valence-corrected chi connectivity index (χ2v) is 8.50. The number of nitrogens with zero attached hydrogens (tertiary/aromatic N) is 3. The highest BCUT2D eigenvalue weighted by Gasteiger charge is 2.38. The number of rotatable bonds is 7. The van der Waals surface area contributed by atoms with E-state index in [4.69, 9.17) is 25.8 Å². The number of anilines is 1. The fraction of sp³-hybridized carbons (Fsp3) is 0.391. The monoisotopic (exact) mass is 505 g/mol. The lowest BCUT2D eigenvalue weighted by Crippen LogP contribution is -2.45. The molecule has 10 nitrogen and oxygen atoms in total. The zero-order valence-electron chi connectivity index (χ0n) is 19.4. The number of allylic oxidation sites excluding steroid dienone is 3. The van der Waals surface area contributed by atoms with Gasteiger partial charge in [0.1, 0.15) is 17.2 Å². The van der Waals surface area contributed by atoms with Gasteiger partial charge in [-0.2, -0.15) is 4.98 Å². The number of alkyl halides is 1. The van der Waals surface area contributed by atoms with E-state index in [2.05, 4.69) is 27.2 Å². The topological polar surface area (TPSA) is 117 Å². The van der Waals surface area contributed by atoms with Gasteiger partial charge in [0.2, 0.25) is 11.9 Å². The Morgan fingerprint density at radius 2 is 2.09 bits per heavy atom. The lowest BCUT2D eigenvalue weighted by molar-refractivity contribution is -0.117. The first-order valence-corrected chi connectivity index (χ1v) is 11.1. The molecule has 2 N–H and O–H groups in total. The molecule has 2 aromatic rings. The molecule has 35 heavy (non-hydrogen) atoms. The highest BCUT2D eigenvalue weighted by molar-refractivity contribution is 6.31. The second-order valence-electron chi connectivity index (χ2n) is 8.09. The average molecular weight is 506 g/mol. The van der Waals surface area contributed by atoms with Crippen molar-refractivity contribution in [3.8, 4) is 0 Å². The summed E-state index contributed by atoms with van der Waals surface area (Å²) in [4.78, 5) is 33.8. The fourth-order valence-corrected chi connectivity index (χ4v) is 4.52. The molecule has 1 aliphatic carbocycles. The summed E-state index contributed by atoms with van der Waals surface area (Å²) in [6.07, 6.45) is 2.40. The predicted octanol–water partition coefficient (Wildman–Crippen LogP) is 1.87. The quantitative estimate of drug-likeness (QED) is 0.548. The molecule has 0 spiro atoms. The summed E-state index contributed by atoms with van der Waals surface area (Å²) in [7, 11) is 4.28. The van der Waals surface area contributed by atoms with Crippen molar-refractivity contribution in [2.75, 3.05) is 32.8 Å². The lowest BCUT2D eigenvalue weighted by Gasteiger charge is -2.27. The van der Waals surface area contributed by atoms with Crippen LogP contribution in [0.4, 0.5) is 10.3 Å². The number of halogens is 2. The number of nitrogens with one attached hydrogen (secondary N) is 2. The van der Waals surface area contributed by atoms with Gasteiger partial charge in [0.25, 0.3) is 5.56 Å². The second kappa shape index (κ2) is 10.0. The minimum Gasteiger partial charge on any atom is -0.498 e. The van der Waals surface area contributed by atoms with Gasteiger partial charge in [-0.3, -0.25) is 14.2 Å². The molecule has 2 aliphatic rings. The summed E-state index contributed by atoms with van der Waals surface area (Å²) in [5, 5.41) is 6.50. The number of hydrogen-bond donors (Lipinski definition) is 2. The van der Waals surface area contributed by atoms with E-state index in [9.17, 15) is 9.59 Å². The van der Waals surface area contributed by atoms with Crippen LogP contribution in [0.5, 0.6) is 0 Å². The van der Waals surface area contributed by atoms with Crippen LogP contribution < -0.4 is 16.2 Å². The van der Waals surface area contributed by atoms with Gasteiger partial charge in [-0.05, 0) is 12.1 Å². The van der Waals surface area contributed by atoms with Gasteiger partial charge in [0.05, 0.1) is 50.5 Å². The SMILES string of the molecule is C=CC(=O)N[C@H]1COC[C@H]1Nc1ncc2cc(C3C(Cl)=C(OC)C=C(OC)C3F)c(=O)n(C)c2n1. The number of carbonyl (C=O) groups excluding carboxylic acids is 1. The summed E-state index contributed by atoms with van der Waals surface area (Å²) in [5.74, 6) is -0.953. The molecular weight excluding hydrogens is 481 g/mol. The fourth-order valence-electron chi connectivity index (χ4n) is 4.16. The number of aromatic nitrogens is 3. The zero-order valence-corrected chi connectivity index (χ0v) is 20.1. The number of aryl methyl sites for hydroxylation is 1. The highest BCUT2D eigenvalue weighted by atomic mass is 35.5. The Balaban J connectivity index is 1.69. The maximum absolute atomic E-state index is 15.3. The van der Waals surface area contributed by atoms with E-state index in [0.717, 1.165) is 0 Å². The van der Waals surface area contributed by atoms with Crippen LogP contribution in [0, 0.1) is 0 Å². The van der Waals surface area contributed by atoms with Gasteiger partial charge in [-0.1, -0.05) is 18.2 Å². The molecule has 4 rings (SSSR count). The third-order valence-corrected chi connectivity index (χ3v) is 6.44. The van der Waals surface area contributed by atoms with E-state index in [-0.39, 0.29) is 46.1 Å². The van der Waals surface area contributed by atoms with Crippen molar-refractivity contribution < 1.29 is 23.4 Å². The summed E-state index contributed by atoms with van der Waals surface area (Å²) in [6.45, 7) is 4.11. The van der Waals surface area contributed by atoms with Crippen molar-refractivity contribution in [3.63, 3.8) is 0 Å². The van der Waals surface area contributed by atoms with Gasteiger partial charge in [-0.25, -0.2) is 9.37 Å². The van der Waals surface area contributed by atoms with E-state index in [1.807, 2.05) is 0 Å². The van der Waals surface area contributed by atoms with Crippen LogP contribution in [0.1, 0.15) is 11.5 Å². The van der Waals surface area contributed by atoms with Gasteiger partial charge in [0.15, 0.2) is 6.17 Å². The highest BCUT2D eigenvalue weighted by Crippen LogP contribution is 2.41. The van der Waals surface area contributed by atoms with Crippen LogP contribution in [0.15, 0.2) is 52.3 Å². The van der Waals surface area contributed by atoms with Gasteiger partial charge < -0.3 is 24.8 Å². The minimum absolute atomic E-state index is 0.00563. The summed E-state index contributed by atoms with van der Waals surface area (Å²) < 4.78 is 32.5. The number of pyridine rings is 1. The molecule has 1 fully saturated rings. The van der Waals surface area contributed by atoms with Crippen LogP contribution >= 0.6 is 11.6 Å². The average Bonchev–Trinajstić information content (AvgIpc) is 3.28. The largest absolute Gasteiger partial charge is 0.498 e. The number of carbonyl (C=O) groups is 1. The van der Waals surface area contributed by atoms with Crippen LogP contribution in [-0.4, -0.2) is 66.1 Å². The molecule has 186 valence electrons. The van der Waals surface area contributed by atoms with Crippen molar-refractivity contribution in [2.45, 2.75) is 24.2 Å². The molecule has 4 atom stereocenters. The van der Waals surface area contributed by atoms with Crippen LogP contribution in [0.3, 0.4) is 0 Å². The van der Waals surface area contributed by atoms with E-state index >= 15 is 4.39 Å². The standard InChI is InChI=1S/C23H25ClFN5O5/c1-5-17(31)27-13-9-35-10-14(13)28-23-26-8-11-6-12(22(32)30(2)21(11)29-23)18-19(24)15(33-3)7-16(34-4)20(18)25/h5-8,13-14,18,20H,1,9-10H2,2-4H3,(H,27,31)(H,26,28,29)/t13-,14+,18?,20?/m0/s1. The number of fused-ring (bicyclic) bond motifs is 1. The Hall–Kier alpha value is -3.44. The molecule has 1 aliphatic heterocycles. The maximum atomic E-state index is 15.3. The number of methoxy groups -OCH3 is 2.